The lowest BCUT2D eigenvalue weighted by Crippen LogP contribution is -2.54. The number of hydrogen-bond donors (Lipinski definition) is 1. The lowest BCUT2D eigenvalue weighted by atomic mass is 9.44. The van der Waals surface area contributed by atoms with Crippen molar-refractivity contribution in [3.63, 3.8) is 0 Å². The third-order valence-corrected chi connectivity index (χ3v) is 9.50. The van der Waals surface area contributed by atoms with Crippen LogP contribution in [-0.2, 0) is 0 Å². The van der Waals surface area contributed by atoms with Crippen molar-refractivity contribution in [3.05, 3.63) is 0 Å². The fourth-order valence-electron chi connectivity index (χ4n) is 8.08. The van der Waals surface area contributed by atoms with Gasteiger partial charge in [0, 0.05) is 18.7 Å². The molecule has 4 aliphatic carbocycles. The van der Waals surface area contributed by atoms with Gasteiger partial charge in [0.05, 0.1) is 6.10 Å². The van der Waals surface area contributed by atoms with Crippen LogP contribution in [-0.4, -0.2) is 24.0 Å². The maximum absolute atomic E-state index is 10.2. The van der Waals surface area contributed by atoms with Crippen molar-refractivity contribution in [2.45, 2.75) is 84.7 Å². The predicted molar refractivity (Wildman–Crippen MR) is 100 cm³/mol. The van der Waals surface area contributed by atoms with E-state index in [-0.39, 0.29) is 6.10 Å². The molecule has 0 amide bonds. The highest BCUT2D eigenvalue weighted by Crippen LogP contribution is 2.67. The minimum absolute atomic E-state index is 0.0206. The van der Waals surface area contributed by atoms with E-state index >= 15 is 0 Å². The molecule has 0 bridgehead atoms. The molecule has 2 nitrogen and oxygen atoms in total. The van der Waals surface area contributed by atoms with E-state index < -0.39 is 0 Å². The summed E-state index contributed by atoms with van der Waals surface area (Å²) in [6.45, 7) is 7.46. The quantitative estimate of drug-likeness (QED) is 0.666. The van der Waals surface area contributed by atoms with Gasteiger partial charge in [-0.25, -0.2) is 0 Å². The van der Waals surface area contributed by atoms with Crippen LogP contribution in [0.2, 0.25) is 0 Å². The van der Waals surface area contributed by atoms with Gasteiger partial charge >= 0.3 is 0 Å². The molecule has 4 rings (SSSR count). The van der Waals surface area contributed by atoms with Crippen LogP contribution in [0.4, 0.5) is 0 Å². The number of aliphatic imine (C=N–C) groups is 1. The molecule has 0 aromatic heterocycles. The van der Waals surface area contributed by atoms with E-state index in [1.54, 1.807) is 0 Å². The molecule has 2 heteroatoms. The summed E-state index contributed by atoms with van der Waals surface area (Å²) in [5.74, 6) is 4.28. The Morgan fingerprint density at radius 3 is 2.38 bits per heavy atom. The van der Waals surface area contributed by atoms with E-state index in [0.29, 0.717) is 10.8 Å². The molecule has 24 heavy (non-hydrogen) atoms. The lowest BCUT2D eigenvalue weighted by Gasteiger charge is -2.61. The lowest BCUT2D eigenvalue weighted by molar-refractivity contribution is -0.123. The van der Waals surface area contributed by atoms with Gasteiger partial charge < -0.3 is 5.11 Å². The van der Waals surface area contributed by atoms with Crippen molar-refractivity contribution in [1.29, 1.82) is 0 Å². The first-order chi connectivity index (χ1) is 11.4. The third kappa shape index (κ3) is 2.27. The Bertz CT molecular complexity index is 528. The van der Waals surface area contributed by atoms with E-state index in [1.807, 2.05) is 7.05 Å². The van der Waals surface area contributed by atoms with Gasteiger partial charge in [0.15, 0.2) is 0 Å². The zero-order valence-electron chi connectivity index (χ0n) is 16.2. The first-order valence-electron chi connectivity index (χ1n) is 10.5. The summed E-state index contributed by atoms with van der Waals surface area (Å²) in [4.78, 5) is 4.59. The number of aliphatic hydroxyl groups is 1. The van der Waals surface area contributed by atoms with Crippen LogP contribution in [0, 0.1) is 40.4 Å². The number of nitrogens with zero attached hydrogens (tertiary/aromatic N) is 1. The molecule has 0 heterocycles. The SMILES string of the molecule is CN=C(C)[C@H]1CC[C@H]2[C@@H]3CC[C@@H]4C[C@H](O)CC[C@]4(C)[C@H]3CC[C@]12C. The molecule has 4 aliphatic rings. The Hall–Kier alpha value is -0.370. The minimum Gasteiger partial charge on any atom is -0.393 e. The van der Waals surface area contributed by atoms with Crippen molar-refractivity contribution in [2.24, 2.45) is 45.4 Å². The van der Waals surface area contributed by atoms with Crippen LogP contribution in [0.15, 0.2) is 4.99 Å². The Morgan fingerprint density at radius 2 is 1.62 bits per heavy atom. The van der Waals surface area contributed by atoms with Crippen molar-refractivity contribution >= 4 is 5.71 Å². The standard InChI is InChI=1S/C22H37NO/c1-14(23-4)18-7-8-19-17-6-5-15-13-16(24)9-11-21(15,2)20(17)10-12-22(18,19)3/h15-20,24H,5-13H2,1-4H3/t15-,16-,17+,18-,19+,20+,21+,22-/m1/s1. The molecule has 0 saturated heterocycles. The van der Waals surface area contributed by atoms with Crippen molar-refractivity contribution in [2.75, 3.05) is 7.05 Å². The second-order valence-corrected chi connectivity index (χ2v) is 10.1. The highest BCUT2D eigenvalue weighted by molar-refractivity contribution is 5.85. The molecule has 136 valence electrons. The number of fused-ring (bicyclic) bond motifs is 5. The first kappa shape index (κ1) is 17.1. The average Bonchev–Trinajstić information content (AvgIpc) is 2.92. The maximum atomic E-state index is 10.2. The maximum Gasteiger partial charge on any atom is 0.0543 e. The molecule has 0 aliphatic heterocycles. The number of aliphatic hydroxyl groups excluding tert-OH is 1. The Balaban J connectivity index is 1.61. The summed E-state index contributed by atoms with van der Waals surface area (Å²) in [7, 11) is 1.98. The Kier molecular flexibility index (Phi) is 4.14. The first-order valence-corrected chi connectivity index (χ1v) is 10.5. The van der Waals surface area contributed by atoms with E-state index in [1.165, 1.54) is 50.7 Å². The van der Waals surface area contributed by atoms with Gasteiger partial charge in [-0.1, -0.05) is 13.8 Å². The zero-order chi connectivity index (χ0) is 17.1. The monoisotopic (exact) mass is 331 g/mol. The fraction of sp³-hybridized carbons (Fsp3) is 0.955. The summed E-state index contributed by atoms with van der Waals surface area (Å²) in [5.41, 5.74) is 2.41. The normalized spacial score (nSPS) is 54.8. The summed E-state index contributed by atoms with van der Waals surface area (Å²) >= 11 is 0. The van der Waals surface area contributed by atoms with E-state index in [4.69, 9.17) is 0 Å². The van der Waals surface area contributed by atoms with Crippen LogP contribution in [0.1, 0.15) is 78.6 Å². The second kappa shape index (κ2) is 5.83. The smallest absolute Gasteiger partial charge is 0.0543 e. The summed E-state index contributed by atoms with van der Waals surface area (Å²) in [6, 6.07) is 0. The molecular weight excluding hydrogens is 294 g/mol. The molecule has 0 radical (unpaired) electrons. The predicted octanol–water partition coefficient (Wildman–Crippen LogP) is 5.10. The van der Waals surface area contributed by atoms with Crippen molar-refractivity contribution in [3.8, 4) is 0 Å². The largest absolute Gasteiger partial charge is 0.393 e. The summed E-state index contributed by atoms with van der Waals surface area (Å²) < 4.78 is 0. The average molecular weight is 332 g/mol. The summed E-state index contributed by atoms with van der Waals surface area (Å²) in [6.07, 6.45) is 11.8. The van der Waals surface area contributed by atoms with Gasteiger partial charge in [0.25, 0.3) is 0 Å². The molecule has 0 aromatic carbocycles. The molecule has 0 spiro atoms. The number of hydrogen-bond acceptors (Lipinski definition) is 2. The van der Waals surface area contributed by atoms with Gasteiger partial charge in [-0.05, 0) is 99.2 Å². The van der Waals surface area contributed by atoms with Crippen LogP contribution < -0.4 is 0 Å². The Labute approximate surface area is 148 Å². The van der Waals surface area contributed by atoms with Crippen molar-refractivity contribution in [1.82, 2.24) is 0 Å². The van der Waals surface area contributed by atoms with Gasteiger partial charge in [0.1, 0.15) is 0 Å². The van der Waals surface area contributed by atoms with Crippen LogP contribution >= 0.6 is 0 Å². The van der Waals surface area contributed by atoms with E-state index in [0.717, 1.165) is 42.4 Å². The summed E-state index contributed by atoms with van der Waals surface area (Å²) in [5, 5.41) is 10.2. The fourth-order valence-corrected chi connectivity index (χ4v) is 8.08. The van der Waals surface area contributed by atoms with Gasteiger partial charge in [-0.15, -0.1) is 0 Å². The van der Waals surface area contributed by atoms with E-state index in [9.17, 15) is 5.11 Å². The highest BCUT2D eigenvalue weighted by atomic mass is 16.3. The molecule has 0 unspecified atom stereocenters. The van der Waals surface area contributed by atoms with Crippen LogP contribution in [0.25, 0.3) is 0 Å². The molecule has 4 saturated carbocycles. The molecule has 4 fully saturated rings. The van der Waals surface area contributed by atoms with E-state index in [2.05, 4.69) is 25.8 Å². The van der Waals surface area contributed by atoms with Gasteiger partial charge in [-0.3, -0.25) is 4.99 Å². The molecular formula is C22H37NO. The van der Waals surface area contributed by atoms with Gasteiger partial charge in [0.2, 0.25) is 0 Å². The molecule has 8 atom stereocenters. The van der Waals surface area contributed by atoms with Crippen molar-refractivity contribution < 1.29 is 5.11 Å². The third-order valence-electron chi connectivity index (χ3n) is 9.50. The zero-order valence-corrected chi connectivity index (χ0v) is 16.2. The molecule has 1 N–H and O–H groups in total. The topological polar surface area (TPSA) is 32.6 Å². The van der Waals surface area contributed by atoms with Crippen LogP contribution in [0.5, 0.6) is 0 Å². The highest BCUT2D eigenvalue weighted by Gasteiger charge is 2.60. The minimum atomic E-state index is -0.0206. The number of rotatable bonds is 1. The Morgan fingerprint density at radius 1 is 0.917 bits per heavy atom. The second-order valence-electron chi connectivity index (χ2n) is 10.1. The molecule has 0 aromatic rings. The van der Waals surface area contributed by atoms with Crippen LogP contribution in [0.3, 0.4) is 0 Å². The van der Waals surface area contributed by atoms with Gasteiger partial charge in [-0.2, -0.15) is 0 Å².